The molecule has 0 saturated carbocycles. The number of ether oxygens (including phenoxy) is 1. The van der Waals surface area contributed by atoms with Gasteiger partial charge in [-0.2, -0.15) is 4.39 Å². The average Bonchev–Trinajstić information content (AvgIpc) is 2.29. The van der Waals surface area contributed by atoms with E-state index in [1.54, 1.807) is 13.2 Å². The summed E-state index contributed by atoms with van der Waals surface area (Å²) in [6, 6.07) is 4.89. The molecule has 1 atom stereocenters. The first kappa shape index (κ1) is 10.4. The van der Waals surface area contributed by atoms with Gasteiger partial charge in [0.05, 0.1) is 6.10 Å². The summed E-state index contributed by atoms with van der Waals surface area (Å²) in [5.74, 6) is 0.281. The molecule has 2 heterocycles. The summed E-state index contributed by atoms with van der Waals surface area (Å²) >= 11 is 0. The van der Waals surface area contributed by atoms with Gasteiger partial charge in [-0.05, 0) is 25.0 Å². The molecule has 82 valence electrons. The number of halogens is 1. The summed E-state index contributed by atoms with van der Waals surface area (Å²) < 4.78 is 18.2. The highest BCUT2D eigenvalue weighted by molar-refractivity contribution is 5.38. The monoisotopic (exact) mass is 210 g/mol. The van der Waals surface area contributed by atoms with Crippen LogP contribution in [0.25, 0.3) is 0 Å². The lowest BCUT2D eigenvalue weighted by atomic mass is 10.1. The quantitative estimate of drug-likeness (QED) is 0.696. The highest BCUT2D eigenvalue weighted by atomic mass is 19.1. The van der Waals surface area contributed by atoms with Crippen LogP contribution in [0.4, 0.5) is 10.2 Å². The van der Waals surface area contributed by atoms with E-state index >= 15 is 0 Å². The van der Waals surface area contributed by atoms with Crippen LogP contribution in [0.5, 0.6) is 0 Å². The van der Waals surface area contributed by atoms with Crippen LogP contribution >= 0.6 is 0 Å². The van der Waals surface area contributed by atoms with Gasteiger partial charge in [0.15, 0.2) is 0 Å². The van der Waals surface area contributed by atoms with Gasteiger partial charge >= 0.3 is 0 Å². The Morgan fingerprint density at radius 2 is 2.40 bits per heavy atom. The van der Waals surface area contributed by atoms with Gasteiger partial charge in [-0.1, -0.05) is 6.07 Å². The summed E-state index contributed by atoms with van der Waals surface area (Å²) in [5.41, 5.74) is 0. The first-order valence-corrected chi connectivity index (χ1v) is 5.20. The fraction of sp³-hybridized carbons (Fsp3) is 0.545. The van der Waals surface area contributed by atoms with E-state index in [0.29, 0.717) is 5.82 Å². The van der Waals surface area contributed by atoms with Crippen molar-refractivity contribution in [3.05, 3.63) is 24.1 Å². The number of pyridine rings is 1. The Kier molecular flexibility index (Phi) is 3.16. The molecule has 0 aliphatic carbocycles. The Balaban J connectivity index is 2.09. The summed E-state index contributed by atoms with van der Waals surface area (Å²) in [5, 5.41) is 0. The molecule has 0 amide bonds. The Morgan fingerprint density at radius 1 is 1.53 bits per heavy atom. The first-order valence-electron chi connectivity index (χ1n) is 5.20. The third-order valence-electron chi connectivity index (χ3n) is 2.74. The van der Waals surface area contributed by atoms with Crippen LogP contribution in [0.15, 0.2) is 18.2 Å². The van der Waals surface area contributed by atoms with E-state index < -0.39 is 5.95 Å². The second-order valence-electron chi connectivity index (χ2n) is 3.76. The second kappa shape index (κ2) is 4.57. The van der Waals surface area contributed by atoms with Crippen molar-refractivity contribution in [1.29, 1.82) is 0 Å². The minimum atomic E-state index is -0.424. The highest BCUT2D eigenvalue weighted by Crippen LogP contribution is 2.19. The predicted molar refractivity (Wildman–Crippen MR) is 56.4 cm³/mol. The smallest absolute Gasteiger partial charge is 0.214 e. The lowest BCUT2D eigenvalue weighted by Crippen LogP contribution is -2.39. The number of methoxy groups -OCH3 is 1. The largest absolute Gasteiger partial charge is 0.380 e. The molecule has 0 radical (unpaired) electrons. The zero-order valence-electron chi connectivity index (χ0n) is 8.82. The van der Waals surface area contributed by atoms with E-state index in [4.69, 9.17) is 4.74 Å². The number of rotatable bonds is 2. The summed E-state index contributed by atoms with van der Waals surface area (Å²) in [6.45, 7) is 1.73. The SMILES string of the molecule is COC1CCCN(c2cccc(F)n2)C1. The average molecular weight is 210 g/mol. The van der Waals surface area contributed by atoms with Crippen molar-refractivity contribution in [2.45, 2.75) is 18.9 Å². The molecule has 0 N–H and O–H groups in total. The van der Waals surface area contributed by atoms with Gasteiger partial charge in [0, 0.05) is 20.2 Å². The normalized spacial score (nSPS) is 21.7. The van der Waals surface area contributed by atoms with Gasteiger partial charge in [0.25, 0.3) is 0 Å². The van der Waals surface area contributed by atoms with Crippen LogP contribution in [-0.2, 0) is 4.74 Å². The summed E-state index contributed by atoms with van der Waals surface area (Å²) in [4.78, 5) is 5.94. The van der Waals surface area contributed by atoms with E-state index in [-0.39, 0.29) is 6.10 Å². The number of piperidine rings is 1. The van der Waals surface area contributed by atoms with Crippen LogP contribution in [0.2, 0.25) is 0 Å². The van der Waals surface area contributed by atoms with Gasteiger partial charge in [-0.25, -0.2) is 4.98 Å². The third-order valence-corrected chi connectivity index (χ3v) is 2.74. The maximum Gasteiger partial charge on any atom is 0.214 e. The van der Waals surface area contributed by atoms with Crippen molar-refractivity contribution in [2.24, 2.45) is 0 Å². The van der Waals surface area contributed by atoms with Crippen LogP contribution in [0, 0.1) is 5.95 Å². The van der Waals surface area contributed by atoms with Gasteiger partial charge in [0.2, 0.25) is 5.95 Å². The van der Waals surface area contributed by atoms with Crippen LogP contribution in [0.3, 0.4) is 0 Å². The zero-order valence-corrected chi connectivity index (χ0v) is 8.82. The second-order valence-corrected chi connectivity index (χ2v) is 3.76. The van der Waals surface area contributed by atoms with Crippen molar-refractivity contribution < 1.29 is 9.13 Å². The molecule has 4 heteroatoms. The van der Waals surface area contributed by atoms with E-state index in [9.17, 15) is 4.39 Å². The van der Waals surface area contributed by atoms with Gasteiger partial charge in [0.1, 0.15) is 5.82 Å². The van der Waals surface area contributed by atoms with E-state index in [1.807, 2.05) is 6.07 Å². The number of hydrogen-bond donors (Lipinski definition) is 0. The molecule has 1 saturated heterocycles. The van der Waals surface area contributed by atoms with Crippen LogP contribution in [-0.4, -0.2) is 31.3 Å². The highest BCUT2D eigenvalue weighted by Gasteiger charge is 2.20. The molecule has 1 unspecified atom stereocenters. The van der Waals surface area contributed by atoms with Gasteiger partial charge in [-0.15, -0.1) is 0 Å². The van der Waals surface area contributed by atoms with E-state index in [1.165, 1.54) is 6.07 Å². The third kappa shape index (κ3) is 2.45. The molecule has 2 rings (SSSR count). The number of hydrogen-bond acceptors (Lipinski definition) is 3. The van der Waals surface area contributed by atoms with Crippen molar-refractivity contribution in [2.75, 3.05) is 25.1 Å². The van der Waals surface area contributed by atoms with Crippen molar-refractivity contribution in [1.82, 2.24) is 4.98 Å². The number of nitrogens with zero attached hydrogens (tertiary/aromatic N) is 2. The molecule has 15 heavy (non-hydrogen) atoms. The standard InChI is InChI=1S/C11H15FN2O/c1-15-9-4-3-7-14(8-9)11-6-2-5-10(12)13-11/h2,5-6,9H,3-4,7-8H2,1H3. The first-order chi connectivity index (χ1) is 7.29. The number of anilines is 1. The lowest BCUT2D eigenvalue weighted by molar-refractivity contribution is 0.0891. The van der Waals surface area contributed by atoms with E-state index in [0.717, 1.165) is 25.9 Å². The molecule has 0 spiro atoms. The lowest BCUT2D eigenvalue weighted by Gasteiger charge is -2.32. The minimum Gasteiger partial charge on any atom is -0.380 e. The Hall–Kier alpha value is -1.16. The molecule has 1 aromatic rings. The van der Waals surface area contributed by atoms with Crippen molar-refractivity contribution >= 4 is 5.82 Å². The van der Waals surface area contributed by atoms with E-state index in [2.05, 4.69) is 9.88 Å². The van der Waals surface area contributed by atoms with Gasteiger partial charge in [-0.3, -0.25) is 0 Å². The van der Waals surface area contributed by atoms with Crippen molar-refractivity contribution in [3.63, 3.8) is 0 Å². The predicted octanol–water partition coefficient (Wildman–Crippen LogP) is 1.84. The molecular formula is C11H15FN2O. The van der Waals surface area contributed by atoms with Crippen LogP contribution in [0.1, 0.15) is 12.8 Å². The molecule has 1 aliphatic heterocycles. The Morgan fingerprint density at radius 3 is 3.13 bits per heavy atom. The fourth-order valence-electron chi connectivity index (χ4n) is 1.91. The summed E-state index contributed by atoms with van der Waals surface area (Å²) in [6.07, 6.45) is 2.38. The minimum absolute atomic E-state index is 0.240. The van der Waals surface area contributed by atoms with Crippen molar-refractivity contribution in [3.8, 4) is 0 Å². The molecule has 0 bridgehead atoms. The zero-order chi connectivity index (χ0) is 10.7. The molecule has 1 aromatic heterocycles. The number of aromatic nitrogens is 1. The molecule has 1 fully saturated rings. The van der Waals surface area contributed by atoms with Gasteiger partial charge < -0.3 is 9.64 Å². The fourth-order valence-corrected chi connectivity index (χ4v) is 1.91. The maximum atomic E-state index is 12.9. The topological polar surface area (TPSA) is 25.4 Å². The van der Waals surface area contributed by atoms with Crippen LogP contribution < -0.4 is 4.90 Å². The maximum absolute atomic E-state index is 12.9. The molecular weight excluding hydrogens is 195 g/mol. The molecule has 1 aliphatic rings. The summed E-state index contributed by atoms with van der Waals surface area (Å²) in [7, 11) is 1.72. The molecule has 3 nitrogen and oxygen atoms in total. The Bertz CT molecular complexity index is 332. The Labute approximate surface area is 88.9 Å². The molecule has 0 aromatic carbocycles.